The number of carbonyl (C=O) groups is 2. The second-order valence-corrected chi connectivity index (χ2v) is 4.71. The molecule has 0 aliphatic heterocycles. The van der Waals surface area contributed by atoms with Gasteiger partial charge in [0.2, 0.25) is 5.78 Å². The van der Waals surface area contributed by atoms with Crippen LogP contribution < -0.4 is 5.32 Å². The van der Waals surface area contributed by atoms with E-state index in [0.29, 0.717) is 6.54 Å². The molecule has 0 aliphatic rings. The average Bonchev–Trinajstić information content (AvgIpc) is 2.89. The van der Waals surface area contributed by atoms with Crippen molar-refractivity contribution < 1.29 is 14.7 Å². The van der Waals surface area contributed by atoms with Gasteiger partial charge in [-0.25, -0.2) is 9.78 Å². The molecule has 19 heavy (non-hydrogen) atoms. The zero-order valence-electron chi connectivity index (χ0n) is 10.00. The van der Waals surface area contributed by atoms with Crippen LogP contribution in [-0.4, -0.2) is 28.4 Å². The number of aromatic carboxylic acids is 1. The van der Waals surface area contributed by atoms with Gasteiger partial charge in [-0.05, 0) is 5.56 Å². The van der Waals surface area contributed by atoms with E-state index in [1.165, 1.54) is 5.38 Å². The summed E-state index contributed by atoms with van der Waals surface area (Å²) in [6, 6.07) is 9.71. The number of benzene rings is 1. The highest BCUT2D eigenvalue weighted by molar-refractivity contribution is 7.12. The van der Waals surface area contributed by atoms with E-state index in [4.69, 9.17) is 5.11 Å². The highest BCUT2D eigenvalue weighted by atomic mass is 32.1. The smallest absolute Gasteiger partial charge is 0.355 e. The SMILES string of the molecule is O=C(O)c1csc(C(=O)CNCc2ccccc2)n1. The van der Waals surface area contributed by atoms with Crippen LogP contribution in [0.25, 0.3) is 0 Å². The molecule has 1 heterocycles. The Hall–Kier alpha value is -2.05. The first-order chi connectivity index (χ1) is 9.16. The number of rotatable bonds is 6. The van der Waals surface area contributed by atoms with Crippen molar-refractivity contribution in [1.29, 1.82) is 0 Å². The molecule has 2 N–H and O–H groups in total. The standard InChI is InChI=1S/C13H12N2O3S/c16-11(12-15-10(8-19-12)13(17)18)7-14-6-9-4-2-1-3-5-9/h1-5,8,14H,6-7H2,(H,17,18). The van der Waals surface area contributed by atoms with Gasteiger partial charge in [0.1, 0.15) is 0 Å². The topological polar surface area (TPSA) is 79.3 Å². The number of hydrogen-bond donors (Lipinski definition) is 2. The van der Waals surface area contributed by atoms with Crippen molar-refractivity contribution in [3.8, 4) is 0 Å². The van der Waals surface area contributed by atoms with Crippen molar-refractivity contribution in [2.75, 3.05) is 6.54 Å². The summed E-state index contributed by atoms with van der Waals surface area (Å²) >= 11 is 1.05. The summed E-state index contributed by atoms with van der Waals surface area (Å²) < 4.78 is 0. The number of ketones is 1. The van der Waals surface area contributed by atoms with Crippen LogP contribution in [0.5, 0.6) is 0 Å². The molecule has 2 aromatic rings. The Kier molecular flexibility index (Phi) is 4.38. The first-order valence-corrected chi connectivity index (χ1v) is 6.51. The summed E-state index contributed by atoms with van der Waals surface area (Å²) in [6.45, 7) is 0.727. The molecular formula is C13H12N2O3S. The van der Waals surface area contributed by atoms with E-state index in [1.54, 1.807) is 0 Å². The molecule has 0 saturated heterocycles. The molecule has 0 spiro atoms. The van der Waals surface area contributed by atoms with Gasteiger partial charge >= 0.3 is 5.97 Å². The molecule has 0 unspecified atom stereocenters. The zero-order valence-corrected chi connectivity index (χ0v) is 10.8. The summed E-state index contributed by atoms with van der Waals surface area (Å²) in [6.07, 6.45) is 0. The van der Waals surface area contributed by atoms with Crippen LogP contribution in [-0.2, 0) is 6.54 Å². The average molecular weight is 276 g/mol. The van der Waals surface area contributed by atoms with E-state index in [9.17, 15) is 9.59 Å². The molecular weight excluding hydrogens is 264 g/mol. The Labute approximate surface area is 113 Å². The summed E-state index contributed by atoms with van der Waals surface area (Å²) in [5, 5.41) is 13.3. The lowest BCUT2D eigenvalue weighted by Crippen LogP contribution is -2.22. The Bertz CT molecular complexity index is 581. The van der Waals surface area contributed by atoms with Crippen molar-refractivity contribution in [2.45, 2.75) is 6.54 Å². The quantitative estimate of drug-likeness (QED) is 0.787. The number of nitrogens with zero attached hydrogens (tertiary/aromatic N) is 1. The lowest BCUT2D eigenvalue weighted by molar-refractivity contribution is 0.0691. The zero-order chi connectivity index (χ0) is 13.7. The van der Waals surface area contributed by atoms with Crippen LogP contribution in [0.1, 0.15) is 25.9 Å². The van der Waals surface area contributed by atoms with E-state index in [1.807, 2.05) is 30.3 Å². The van der Waals surface area contributed by atoms with Gasteiger partial charge in [0, 0.05) is 11.9 Å². The Balaban J connectivity index is 1.85. The fourth-order valence-corrected chi connectivity index (χ4v) is 2.22. The van der Waals surface area contributed by atoms with Crippen LogP contribution in [0, 0.1) is 0 Å². The minimum Gasteiger partial charge on any atom is -0.476 e. The predicted octanol–water partition coefficient (Wildman–Crippen LogP) is 1.81. The molecule has 6 heteroatoms. The summed E-state index contributed by atoms with van der Waals surface area (Å²) in [5.41, 5.74) is 0.997. The Morgan fingerprint density at radius 2 is 2.00 bits per heavy atom. The molecule has 0 bridgehead atoms. The molecule has 0 aliphatic carbocycles. The van der Waals surface area contributed by atoms with E-state index in [-0.39, 0.29) is 23.0 Å². The molecule has 1 aromatic carbocycles. The monoisotopic (exact) mass is 276 g/mol. The van der Waals surface area contributed by atoms with Crippen molar-refractivity contribution >= 4 is 23.1 Å². The number of carboxylic acids is 1. The van der Waals surface area contributed by atoms with Crippen LogP contribution in [0.4, 0.5) is 0 Å². The van der Waals surface area contributed by atoms with Crippen LogP contribution in [0.3, 0.4) is 0 Å². The number of nitrogens with one attached hydrogen (secondary N) is 1. The van der Waals surface area contributed by atoms with E-state index < -0.39 is 5.97 Å². The van der Waals surface area contributed by atoms with Gasteiger partial charge in [0.15, 0.2) is 10.7 Å². The number of thiazole rings is 1. The van der Waals surface area contributed by atoms with Gasteiger partial charge in [-0.15, -0.1) is 11.3 Å². The molecule has 2 rings (SSSR count). The van der Waals surface area contributed by atoms with Gasteiger partial charge < -0.3 is 10.4 Å². The largest absolute Gasteiger partial charge is 0.476 e. The van der Waals surface area contributed by atoms with Crippen molar-refractivity contribution in [2.24, 2.45) is 0 Å². The highest BCUT2D eigenvalue weighted by Crippen LogP contribution is 2.10. The number of hydrogen-bond acceptors (Lipinski definition) is 5. The predicted molar refractivity (Wildman–Crippen MR) is 71.6 cm³/mol. The number of aromatic nitrogens is 1. The first kappa shape index (κ1) is 13.4. The molecule has 0 amide bonds. The van der Waals surface area contributed by atoms with Gasteiger partial charge in [-0.3, -0.25) is 4.79 Å². The third-order valence-electron chi connectivity index (χ3n) is 2.42. The molecule has 0 fully saturated rings. The van der Waals surface area contributed by atoms with Crippen LogP contribution >= 0.6 is 11.3 Å². The summed E-state index contributed by atoms with van der Waals surface area (Å²) in [5.74, 6) is -1.32. The third-order valence-corrected chi connectivity index (χ3v) is 3.30. The molecule has 98 valence electrons. The second-order valence-electron chi connectivity index (χ2n) is 3.86. The lowest BCUT2D eigenvalue weighted by atomic mass is 10.2. The van der Waals surface area contributed by atoms with Gasteiger partial charge in [-0.1, -0.05) is 30.3 Å². The fraction of sp³-hybridized carbons (Fsp3) is 0.154. The number of carbonyl (C=O) groups excluding carboxylic acids is 1. The van der Waals surface area contributed by atoms with E-state index in [0.717, 1.165) is 16.9 Å². The Morgan fingerprint density at radius 3 is 2.63 bits per heavy atom. The minimum absolute atomic E-state index is 0.0867. The minimum atomic E-state index is -1.12. The number of Topliss-reactive ketones (excluding diaryl/α,β-unsaturated/α-hetero) is 1. The maximum absolute atomic E-state index is 11.8. The maximum atomic E-state index is 11.8. The molecule has 0 atom stereocenters. The van der Waals surface area contributed by atoms with Crippen LogP contribution in [0.15, 0.2) is 35.7 Å². The summed E-state index contributed by atoms with van der Waals surface area (Å²) in [7, 11) is 0. The van der Waals surface area contributed by atoms with Gasteiger partial charge in [0.05, 0.1) is 6.54 Å². The molecule has 5 nitrogen and oxygen atoms in total. The second kappa shape index (κ2) is 6.21. The lowest BCUT2D eigenvalue weighted by Gasteiger charge is -2.02. The molecule has 1 aromatic heterocycles. The molecule has 0 radical (unpaired) electrons. The van der Waals surface area contributed by atoms with Gasteiger partial charge in [-0.2, -0.15) is 0 Å². The van der Waals surface area contributed by atoms with Gasteiger partial charge in [0.25, 0.3) is 0 Å². The fourth-order valence-electron chi connectivity index (χ4n) is 1.49. The summed E-state index contributed by atoms with van der Waals surface area (Å²) in [4.78, 5) is 26.2. The van der Waals surface area contributed by atoms with Crippen LogP contribution in [0.2, 0.25) is 0 Å². The first-order valence-electron chi connectivity index (χ1n) is 5.63. The normalized spacial score (nSPS) is 10.3. The Morgan fingerprint density at radius 1 is 1.26 bits per heavy atom. The van der Waals surface area contributed by atoms with E-state index in [2.05, 4.69) is 10.3 Å². The highest BCUT2D eigenvalue weighted by Gasteiger charge is 2.14. The number of carboxylic acid groups (broad SMARTS) is 1. The van der Waals surface area contributed by atoms with Crippen molar-refractivity contribution in [1.82, 2.24) is 10.3 Å². The molecule has 0 saturated carbocycles. The third kappa shape index (κ3) is 3.70. The maximum Gasteiger partial charge on any atom is 0.355 e. The van der Waals surface area contributed by atoms with Crippen molar-refractivity contribution in [3.05, 3.63) is 52.0 Å². The van der Waals surface area contributed by atoms with Crippen molar-refractivity contribution in [3.63, 3.8) is 0 Å². The van der Waals surface area contributed by atoms with E-state index >= 15 is 0 Å².